The van der Waals surface area contributed by atoms with Crippen LogP contribution >= 0.6 is 0 Å². The fourth-order valence-electron chi connectivity index (χ4n) is 5.27. The molecule has 1 aliphatic carbocycles. The summed E-state index contributed by atoms with van der Waals surface area (Å²) in [5.74, 6) is 1.11. The Hall–Kier alpha value is -2.60. The molecule has 4 rings (SSSR count). The van der Waals surface area contributed by atoms with Crippen LogP contribution in [0.3, 0.4) is 0 Å². The smallest absolute Gasteiger partial charge is 0.261 e. The van der Waals surface area contributed by atoms with E-state index in [1.54, 1.807) is 14.2 Å². The van der Waals surface area contributed by atoms with Gasteiger partial charge in [0.25, 0.3) is 5.91 Å². The fourth-order valence-corrected chi connectivity index (χ4v) is 5.27. The van der Waals surface area contributed by atoms with Gasteiger partial charge in [0.05, 0.1) is 7.11 Å². The molecule has 1 saturated heterocycles. The highest BCUT2D eigenvalue weighted by Gasteiger charge is 2.56. The van der Waals surface area contributed by atoms with Crippen molar-refractivity contribution >= 4 is 17.4 Å². The van der Waals surface area contributed by atoms with Gasteiger partial charge in [0.15, 0.2) is 11.5 Å². The fraction of sp³-hybridized carbons (Fsp3) is 0.520. The van der Waals surface area contributed by atoms with Crippen molar-refractivity contribution in [2.75, 3.05) is 27.4 Å². The van der Waals surface area contributed by atoms with Gasteiger partial charge in [-0.05, 0) is 72.8 Å². The highest BCUT2D eigenvalue weighted by atomic mass is 16.5. The highest BCUT2D eigenvalue weighted by Crippen LogP contribution is 2.53. The quantitative estimate of drug-likeness (QED) is 0.796. The van der Waals surface area contributed by atoms with Gasteiger partial charge in [-0.25, -0.2) is 4.99 Å². The van der Waals surface area contributed by atoms with Gasteiger partial charge in [0.2, 0.25) is 0 Å². The average molecular weight is 424 g/mol. The molecule has 2 heterocycles. The lowest BCUT2D eigenvalue weighted by Crippen LogP contribution is -2.50. The maximum absolute atomic E-state index is 13.5. The number of nitrogens with zero attached hydrogens (tertiary/aromatic N) is 2. The van der Waals surface area contributed by atoms with E-state index >= 15 is 0 Å². The molecule has 166 valence electrons. The number of likely N-dealkylation sites (N-methyl/N-ethyl adjacent to an activating group) is 1. The molecule has 3 aliphatic rings. The van der Waals surface area contributed by atoms with Crippen LogP contribution in [0.15, 0.2) is 47.0 Å². The third kappa shape index (κ3) is 3.89. The zero-order valence-electron chi connectivity index (χ0n) is 18.8. The van der Waals surface area contributed by atoms with Gasteiger partial charge in [-0.15, -0.1) is 0 Å². The van der Waals surface area contributed by atoms with Crippen molar-refractivity contribution in [3.63, 3.8) is 0 Å². The lowest BCUT2D eigenvalue weighted by Gasteiger charge is -2.47. The molecule has 1 amide bonds. The molecule has 2 aliphatic heterocycles. The van der Waals surface area contributed by atoms with Crippen LogP contribution in [-0.2, 0) is 9.53 Å². The number of amides is 1. The van der Waals surface area contributed by atoms with Crippen LogP contribution in [0.25, 0.3) is 5.57 Å². The van der Waals surface area contributed by atoms with E-state index < -0.39 is 5.54 Å². The number of carbonyl (C=O) groups excluding carboxylic acids is 1. The van der Waals surface area contributed by atoms with Crippen LogP contribution in [-0.4, -0.2) is 49.7 Å². The predicted molar refractivity (Wildman–Crippen MR) is 123 cm³/mol. The molecule has 1 aromatic carbocycles. The van der Waals surface area contributed by atoms with Crippen molar-refractivity contribution in [2.24, 2.45) is 16.1 Å². The number of rotatable bonds is 4. The van der Waals surface area contributed by atoms with E-state index in [9.17, 15) is 4.79 Å². The number of hydrogen-bond acceptors (Lipinski definition) is 5. The number of nitrogens with two attached hydrogens (primary N) is 1. The molecule has 31 heavy (non-hydrogen) atoms. The van der Waals surface area contributed by atoms with Crippen molar-refractivity contribution in [1.29, 1.82) is 0 Å². The minimum Gasteiger partial charge on any atom is -0.497 e. The van der Waals surface area contributed by atoms with Gasteiger partial charge in [-0.1, -0.05) is 31.2 Å². The van der Waals surface area contributed by atoms with Gasteiger partial charge >= 0.3 is 0 Å². The van der Waals surface area contributed by atoms with Crippen molar-refractivity contribution in [3.8, 4) is 5.75 Å². The SMILES string of the molecule is CCC=C(C=C1CCC2(CCOCC2)CC12N=C(N)N(C)C2=O)c1cccc(OC)c1. The number of benzene rings is 1. The number of methoxy groups -OCH3 is 1. The zero-order valence-corrected chi connectivity index (χ0v) is 18.8. The lowest BCUT2D eigenvalue weighted by molar-refractivity contribution is -0.132. The van der Waals surface area contributed by atoms with Crippen molar-refractivity contribution in [3.05, 3.63) is 47.6 Å². The number of allylic oxidation sites excluding steroid dienone is 3. The zero-order chi connectivity index (χ0) is 22.1. The average Bonchev–Trinajstić information content (AvgIpc) is 2.99. The van der Waals surface area contributed by atoms with Crippen molar-refractivity contribution < 1.29 is 14.3 Å². The lowest BCUT2D eigenvalue weighted by atomic mass is 9.60. The van der Waals surface area contributed by atoms with Crippen LogP contribution < -0.4 is 10.5 Å². The molecule has 1 saturated carbocycles. The first-order chi connectivity index (χ1) is 14.9. The number of aliphatic imine (C=N–C) groups is 1. The Balaban J connectivity index is 1.78. The highest BCUT2D eigenvalue weighted by molar-refractivity contribution is 6.08. The van der Waals surface area contributed by atoms with E-state index in [0.717, 1.165) is 67.8 Å². The summed E-state index contributed by atoms with van der Waals surface area (Å²) in [6.07, 6.45) is 9.81. The number of carbonyl (C=O) groups is 1. The van der Waals surface area contributed by atoms with Crippen LogP contribution in [0.5, 0.6) is 5.75 Å². The van der Waals surface area contributed by atoms with E-state index in [0.29, 0.717) is 12.4 Å². The first kappa shape index (κ1) is 21.6. The van der Waals surface area contributed by atoms with Gasteiger partial charge in [0.1, 0.15) is 5.75 Å². The van der Waals surface area contributed by atoms with Gasteiger partial charge in [-0.2, -0.15) is 0 Å². The van der Waals surface area contributed by atoms with E-state index in [4.69, 9.17) is 20.2 Å². The maximum Gasteiger partial charge on any atom is 0.261 e. The number of ether oxygens (including phenoxy) is 2. The van der Waals surface area contributed by atoms with Crippen LogP contribution in [0.1, 0.15) is 51.0 Å². The summed E-state index contributed by atoms with van der Waals surface area (Å²) in [4.78, 5) is 19.9. The number of guanidine groups is 1. The molecular formula is C25H33N3O3. The molecule has 0 radical (unpaired) electrons. The molecule has 0 bridgehead atoms. The Kier molecular flexibility index (Phi) is 5.93. The molecule has 6 heteroatoms. The normalized spacial score (nSPS) is 27.3. The first-order valence-corrected chi connectivity index (χ1v) is 11.2. The summed E-state index contributed by atoms with van der Waals surface area (Å²) in [6, 6.07) is 8.05. The van der Waals surface area contributed by atoms with Gasteiger partial charge in [-0.3, -0.25) is 9.69 Å². The topological polar surface area (TPSA) is 77.2 Å². The third-order valence-electron chi connectivity index (χ3n) is 7.10. The molecule has 1 aromatic rings. The summed E-state index contributed by atoms with van der Waals surface area (Å²) < 4.78 is 11.1. The summed E-state index contributed by atoms with van der Waals surface area (Å²) in [6.45, 7) is 3.63. The summed E-state index contributed by atoms with van der Waals surface area (Å²) in [7, 11) is 3.40. The van der Waals surface area contributed by atoms with E-state index in [1.807, 2.05) is 18.2 Å². The third-order valence-corrected chi connectivity index (χ3v) is 7.10. The molecule has 2 fully saturated rings. The van der Waals surface area contributed by atoms with Crippen LogP contribution in [0, 0.1) is 5.41 Å². The molecule has 6 nitrogen and oxygen atoms in total. The molecule has 0 aromatic heterocycles. The van der Waals surface area contributed by atoms with Gasteiger partial charge in [0, 0.05) is 20.3 Å². The molecule has 2 spiro atoms. The molecule has 2 N–H and O–H groups in total. The minimum absolute atomic E-state index is 0.0108. The van der Waals surface area contributed by atoms with E-state index in [-0.39, 0.29) is 11.3 Å². The Morgan fingerprint density at radius 2 is 2.10 bits per heavy atom. The van der Waals surface area contributed by atoms with E-state index in [1.165, 1.54) is 4.90 Å². The number of hydrogen-bond donors (Lipinski definition) is 1. The second-order valence-electron chi connectivity index (χ2n) is 8.95. The van der Waals surface area contributed by atoms with Crippen LogP contribution in [0.4, 0.5) is 0 Å². The maximum atomic E-state index is 13.5. The van der Waals surface area contributed by atoms with E-state index in [2.05, 4.69) is 25.1 Å². The van der Waals surface area contributed by atoms with Gasteiger partial charge < -0.3 is 15.2 Å². The Bertz CT molecular complexity index is 943. The molecule has 1 unspecified atom stereocenters. The Morgan fingerprint density at radius 3 is 2.74 bits per heavy atom. The van der Waals surface area contributed by atoms with Crippen molar-refractivity contribution in [1.82, 2.24) is 4.90 Å². The monoisotopic (exact) mass is 423 g/mol. The Labute approximate surface area is 184 Å². The summed E-state index contributed by atoms with van der Waals surface area (Å²) >= 11 is 0. The standard InChI is InChI=1S/C25H33N3O3/c1-4-6-18(19-7-5-8-21(16-19)30-3)15-20-9-10-24(11-13-31-14-12-24)17-25(20)22(29)28(2)23(26)27-25/h5-8,15-16H,4,9-14,17H2,1-3H3,(H2,26,27). The van der Waals surface area contributed by atoms with Crippen molar-refractivity contribution in [2.45, 2.75) is 51.0 Å². The Morgan fingerprint density at radius 1 is 1.32 bits per heavy atom. The first-order valence-electron chi connectivity index (χ1n) is 11.2. The second-order valence-corrected chi connectivity index (χ2v) is 8.95. The minimum atomic E-state index is -0.903. The molecular weight excluding hydrogens is 390 g/mol. The summed E-state index contributed by atoms with van der Waals surface area (Å²) in [5.41, 5.74) is 8.58. The molecule has 1 atom stereocenters. The summed E-state index contributed by atoms with van der Waals surface area (Å²) in [5, 5.41) is 0. The van der Waals surface area contributed by atoms with Crippen LogP contribution in [0.2, 0.25) is 0 Å². The predicted octanol–water partition coefficient (Wildman–Crippen LogP) is 3.92. The largest absolute Gasteiger partial charge is 0.497 e. The second kappa shape index (κ2) is 8.50.